The van der Waals surface area contributed by atoms with Crippen molar-refractivity contribution in [3.05, 3.63) is 278 Å². The first-order valence-electron chi connectivity index (χ1n) is 27.6. The van der Waals surface area contributed by atoms with E-state index in [2.05, 4.69) is 297 Å². The van der Waals surface area contributed by atoms with Gasteiger partial charge in [-0.1, -0.05) is 215 Å². The van der Waals surface area contributed by atoms with E-state index < -0.39 is 0 Å². The maximum Gasteiger partial charge on any atom is 0.108 e. The van der Waals surface area contributed by atoms with Crippen LogP contribution in [0.2, 0.25) is 0 Å². The number of hydrogen-bond donors (Lipinski definition) is 0. The van der Waals surface area contributed by atoms with Crippen molar-refractivity contribution in [3.63, 3.8) is 0 Å². The van der Waals surface area contributed by atoms with Crippen LogP contribution in [0.4, 0.5) is 34.1 Å². The monoisotopic (exact) mass is 1030 g/mol. The number of hydrogen-bond acceptors (Lipinski definition) is 5. The zero-order valence-corrected chi connectivity index (χ0v) is 45.4. The summed E-state index contributed by atoms with van der Waals surface area (Å²) in [6.45, 7) is 7.31. The van der Waals surface area contributed by atoms with Crippen LogP contribution in [0.15, 0.2) is 267 Å². The molecule has 0 saturated heterocycles. The Balaban J connectivity index is 0.856. The molecule has 0 spiro atoms. The van der Waals surface area contributed by atoms with Gasteiger partial charge in [0, 0.05) is 45.5 Å². The van der Waals surface area contributed by atoms with Gasteiger partial charge in [-0.2, -0.15) is 0 Å². The number of anilines is 6. The third kappa shape index (κ3) is 8.53. The van der Waals surface area contributed by atoms with Crippen LogP contribution >= 0.6 is 11.3 Å². The van der Waals surface area contributed by atoms with Gasteiger partial charge in [0.25, 0.3) is 0 Å². The van der Waals surface area contributed by atoms with E-state index in [4.69, 9.17) is 9.97 Å². The number of benzene rings is 10. The summed E-state index contributed by atoms with van der Waals surface area (Å²) in [7, 11) is 0. The number of fused-ring (bicyclic) bond motifs is 6. The molecule has 2 heterocycles. The van der Waals surface area contributed by atoms with E-state index in [-0.39, 0.29) is 10.8 Å². The lowest BCUT2D eigenvalue weighted by molar-refractivity contribution is 0.227. The van der Waals surface area contributed by atoms with E-state index in [0.717, 1.165) is 78.9 Å². The predicted molar refractivity (Wildman–Crippen MR) is 333 cm³/mol. The van der Waals surface area contributed by atoms with E-state index in [0.29, 0.717) is 5.92 Å². The SMILES string of the molecule is CC12CCC(c3nc4c(-c5ccc(N(c6ccc(-c7ccccc7)cc6)c6ccc(-c7ccccc7)cc6)cc5)sc(-c5ccc(N(c6ccc(-c7ccccc7)cc6)c6ccc(-c7ccccc7)cc6)cc5)c4nc31)C2(C)C. The van der Waals surface area contributed by atoms with Crippen LogP contribution in [0.5, 0.6) is 0 Å². The maximum atomic E-state index is 5.76. The Morgan fingerprint density at radius 1 is 0.329 bits per heavy atom. The standard InChI is InChI=1S/C74H58N4S/c1-73(2)66-48-49-74(73,3)72-67(66)75-68-69(76-72)71(59-34-46-65(47-35-59)78(62-40-28-56(29-41-62)52-20-12-6-13-21-52)63-42-30-57(31-43-63)53-22-14-7-15-23-53)79-70(68)58-32-44-64(45-33-58)77(60-36-24-54(25-37-60)50-16-8-4-9-17-50)61-38-26-55(27-39-61)51-18-10-5-11-19-51/h4-47,66H,48-49H2,1-3H3. The molecule has 1 fully saturated rings. The van der Waals surface area contributed by atoms with Gasteiger partial charge in [0.15, 0.2) is 0 Å². The Kier molecular flexibility index (Phi) is 12.0. The van der Waals surface area contributed by atoms with Crippen LogP contribution in [0.1, 0.15) is 50.9 Å². The Morgan fingerprint density at radius 2 is 0.595 bits per heavy atom. The molecule has 0 N–H and O–H groups in total. The van der Waals surface area contributed by atoms with Crippen LogP contribution < -0.4 is 9.80 Å². The third-order valence-electron chi connectivity index (χ3n) is 17.3. The van der Waals surface area contributed by atoms with Crippen LogP contribution in [0, 0.1) is 5.41 Å². The second-order valence-corrected chi connectivity index (χ2v) is 23.0. The molecule has 2 aliphatic carbocycles. The van der Waals surface area contributed by atoms with E-state index in [1.807, 2.05) is 11.3 Å². The zero-order chi connectivity index (χ0) is 53.1. The highest BCUT2D eigenvalue weighted by atomic mass is 32.1. The van der Waals surface area contributed by atoms with Gasteiger partial charge in [-0.25, -0.2) is 9.97 Å². The third-order valence-corrected chi connectivity index (χ3v) is 18.6. The van der Waals surface area contributed by atoms with Crippen molar-refractivity contribution in [1.82, 2.24) is 9.97 Å². The minimum absolute atomic E-state index is 0.0340. The van der Waals surface area contributed by atoms with Crippen molar-refractivity contribution < 1.29 is 0 Å². The molecule has 0 radical (unpaired) electrons. The lowest BCUT2D eigenvalue weighted by Gasteiger charge is -2.34. The highest BCUT2D eigenvalue weighted by molar-refractivity contribution is 7.20. The summed E-state index contributed by atoms with van der Waals surface area (Å²) >= 11 is 1.81. The maximum absolute atomic E-state index is 5.76. The molecule has 2 atom stereocenters. The minimum atomic E-state index is -0.0340. The Labute approximate surface area is 467 Å². The Hall–Kier alpha value is -9.16. The predicted octanol–water partition coefficient (Wildman–Crippen LogP) is 20.8. The van der Waals surface area contributed by atoms with Gasteiger partial charge in [-0.05, 0) is 147 Å². The fourth-order valence-electron chi connectivity index (χ4n) is 12.6. The largest absolute Gasteiger partial charge is 0.311 e. The highest BCUT2D eigenvalue weighted by Crippen LogP contribution is 2.67. The van der Waals surface area contributed by atoms with Crippen LogP contribution in [-0.4, -0.2) is 9.97 Å². The first kappa shape index (κ1) is 48.2. The number of nitrogens with zero attached hydrogens (tertiary/aromatic N) is 4. The summed E-state index contributed by atoms with van der Waals surface area (Å²) in [5.74, 6) is 0.381. The van der Waals surface area contributed by atoms with Crippen molar-refractivity contribution in [1.29, 1.82) is 0 Å². The van der Waals surface area contributed by atoms with Crippen molar-refractivity contribution in [2.75, 3.05) is 9.80 Å². The van der Waals surface area contributed by atoms with Gasteiger partial charge in [0.05, 0.1) is 21.1 Å². The summed E-state index contributed by atoms with van der Waals surface area (Å²) in [6.07, 6.45) is 2.28. The molecule has 380 valence electrons. The first-order valence-corrected chi connectivity index (χ1v) is 28.4. The molecule has 2 aromatic heterocycles. The molecule has 2 aliphatic rings. The van der Waals surface area contributed by atoms with E-state index in [9.17, 15) is 0 Å². The van der Waals surface area contributed by atoms with Gasteiger partial charge >= 0.3 is 0 Å². The summed E-state index contributed by atoms with van der Waals surface area (Å²) in [6, 6.07) is 96.3. The van der Waals surface area contributed by atoms with Gasteiger partial charge in [-0.15, -0.1) is 11.3 Å². The van der Waals surface area contributed by atoms with Crippen LogP contribution in [0.3, 0.4) is 0 Å². The van der Waals surface area contributed by atoms with Crippen molar-refractivity contribution in [2.24, 2.45) is 5.41 Å². The topological polar surface area (TPSA) is 32.3 Å². The molecular formula is C74H58N4S. The molecule has 2 bridgehead atoms. The molecule has 79 heavy (non-hydrogen) atoms. The second kappa shape index (κ2) is 19.7. The average molecular weight is 1040 g/mol. The minimum Gasteiger partial charge on any atom is -0.311 e. The number of rotatable bonds is 12. The zero-order valence-electron chi connectivity index (χ0n) is 44.6. The fraction of sp³-hybridized carbons (Fsp3) is 0.108. The average Bonchev–Trinajstić information content (AvgIpc) is 4.25. The molecule has 0 aliphatic heterocycles. The lowest BCUT2D eigenvalue weighted by Crippen LogP contribution is -2.31. The van der Waals surface area contributed by atoms with Crippen molar-refractivity contribution >= 4 is 56.5 Å². The number of aromatic nitrogens is 2. The quantitative estimate of drug-likeness (QED) is 0.122. The summed E-state index contributed by atoms with van der Waals surface area (Å²) in [5, 5.41) is 0. The van der Waals surface area contributed by atoms with Gasteiger partial charge in [-0.3, -0.25) is 0 Å². The smallest absolute Gasteiger partial charge is 0.108 e. The van der Waals surface area contributed by atoms with Gasteiger partial charge in [0.1, 0.15) is 11.0 Å². The molecule has 2 unspecified atom stereocenters. The van der Waals surface area contributed by atoms with E-state index in [1.54, 1.807) is 0 Å². The summed E-state index contributed by atoms with van der Waals surface area (Å²) in [4.78, 5) is 18.5. The second-order valence-electron chi connectivity index (χ2n) is 22.0. The highest BCUT2D eigenvalue weighted by Gasteiger charge is 2.61. The fourth-order valence-corrected chi connectivity index (χ4v) is 13.7. The Morgan fingerprint density at radius 3 is 0.899 bits per heavy atom. The van der Waals surface area contributed by atoms with E-state index >= 15 is 0 Å². The molecular weight excluding hydrogens is 977 g/mol. The van der Waals surface area contributed by atoms with Crippen LogP contribution in [0.25, 0.3) is 76.4 Å². The molecule has 10 aromatic carbocycles. The molecule has 4 nitrogen and oxygen atoms in total. The lowest BCUT2D eigenvalue weighted by atomic mass is 9.70. The molecule has 1 saturated carbocycles. The Bertz CT molecular complexity index is 3940. The summed E-state index contributed by atoms with van der Waals surface area (Å²) in [5.41, 5.74) is 22.7. The number of thiophene rings is 1. The van der Waals surface area contributed by atoms with Crippen LogP contribution in [-0.2, 0) is 5.41 Å². The van der Waals surface area contributed by atoms with Gasteiger partial charge < -0.3 is 9.80 Å². The normalized spacial score (nSPS) is 16.0. The van der Waals surface area contributed by atoms with Gasteiger partial charge in [0.2, 0.25) is 0 Å². The van der Waals surface area contributed by atoms with Crippen molar-refractivity contribution in [2.45, 2.75) is 44.9 Å². The van der Waals surface area contributed by atoms with Crippen molar-refractivity contribution in [3.8, 4) is 65.4 Å². The molecule has 5 heteroatoms. The molecule has 14 rings (SSSR count). The molecule has 12 aromatic rings. The molecule has 0 amide bonds. The van der Waals surface area contributed by atoms with E-state index in [1.165, 1.54) is 55.9 Å². The first-order chi connectivity index (χ1) is 38.8. The summed E-state index contributed by atoms with van der Waals surface area (Å²) < 4.78 is 0.